The van der Waals surface area contributed by atoms with Crippen LogP contribution in [0, 0.1) is 0 Å². The zero-order chi connectivity index (χ0) is 7.33. The summed E-state index contributed by atoms with van der Waals surface area (Å²) in [6.45, 7) is 3.86. The molecule has 0 rings (SSSR count). The van der Waals surface area contributed by atoms with Gasteiger partial charge in [-0.15, -0.1) is 0 Å². The molecule has 0 aromatic carbocycles. The van der Waals surface area contributed by atoms with Crippen molar-refractivity contribution in [3.63, 3.8) is 0 Å². The second-order valence-corrected chi connectivity index (χ2v) is 4.88. The molecule has 0 saturated carbocycles. The molecule has 0 aromatic heterocycles. The van der Waals surface area contributed by atoms with Crippen LogP contribution in [0.3, 0.4) is 0 Å². The minimum absolute atomic E-state index is 0. The van der Waals surface area contributed by atoms with Gasteiger partial charge in [0.15, 0.2) is 0 Å². The normalized spacial score (nSPS) is 10.7. The first-order chi connectivity index (χ1) is 4.12. The molecule has 0 amide bonds. The molecule has 0 aliphatic rings. The molecular weight excluding hydrogens is 158 g/mol. The summed E-state index contributed by atoms with van der Waals surface area (Å²) in [5, 5.41) is 0. The van der Waals surface area contributed by atoms with Gasteiger partial charge in [0, 0.05) is 12.3 Å². The quantitative estimate of drug-likeness (QED) is 0.517. The van der Waals surface area contributed by atoms with Gasteiger partial charge in [0.1, 0.15) is 0 Å². The van der Waals surface area contributed by atoms with Gasteiger partial charge in [-0.05, 0) is 12.8 Å². The van der Waals surface area contributed by atoms with Crippen molar-refractivity contribution >= 4 is 36.9 Å². The predicted molar refractivity (Wildman–Crippen MR) is 47.3 cm³/mol. The zero-order valence-corrected chi connectivity index (χ0v) is 7.03. The van der Waals surface area contributed by atoms with Crippen LogP contribution in [0.25, 0.3) is 0 Å². The molecule has 58 valence electrons. The Labute approximate surface area is 85.1 Å². The maximum absolute atomic E-state index is 11.0. The summed E-state index contributed by atoms with van der Waals surface area (Å²) >= 11 is 0. The van der Waals surface area contributed by atoms with Crippen molar-refractivity contribution in [2.75, 3.05) is 12.3 Å². The van der Waals surface area contributed by atoms with Crippen LogP contribution < -0.4 is 0 Å². The summed E-state index contributed by atoms with van der Waals surface area (Å²) in [6, 6.07) is 0. The van der Waals surface area contributed by atoms with Gasteiger partial charge < -0.3 is 4.89 Å². The van der Waals surface area contributed by atoms with E-state index in [1.165, 1.54) is 0 Å². The first-order valence-electron chi connectivity index (χ1n) is 3.43. The molecule has 0 radical (unpaired) electrons. The van der Waals surface area contributed by atoms with Gasteiger partial charge in [-0.2, -0.15) is 0 Å². The van der Waals surface area contributed by atoms with Crippen molar-refractivity contribution in [2.24, 2.45) is 0 Å². The first kappa shape index (κ1) is 13.8. The van der Waals surface area contributed by atoms with E-state index >= 15 is 0 Å². The van der Waals surface area contributed by atoms with E-state index in [9.17, 15) is 4.57 Å². The maximum atomic E-state index is 11.0. The van der Waals surface area contributed by atoms with Gasteiger partial charge >= 0.3 is 29.6 Å². The van der Waals surface area contributed by atoms with Crippen LogP contribution in [0.1, 0.15) is 26.7 Å². The zero-order valence-electron chi connectivity index (χ0n) is 6.13. The van der Waals surface area contributed by atoms with Gasteiger partial charge in [-0.1, -0.05) is 13.8 Å². The Bertz CT molecular complexity index is 106. The molecule has 0 spiro atoms. The second-order valence-electron chi connectivity index (χ2n) is 2.29. The Balaban J connectivity index is 0. The SMILES string of the molecule is CCCP(=O)(O)CCC.[NaH]. The standard InChI is InChI=1S/C6H15O2P.Na.H/c1-3-5-9(7,8)6-4-2;;/h3-6H2,1-2H3,(H,7,8);;. The fourth-order valence-corrected chi connectivity index (χ4v) is 2.43. The van der Waals surface area contributed by atoms with Crippen molar-refractivity contribution in [1.29, 1.82) is 0 Å². The average Bonchev–Trinajstić information content (AvgIpc) is 1.64. The molecular formula is C6H16NaO2P. The molecule has 0 aromatic rings. The Kier molecular flexibility index (Phi) is 9.46. The average molecular weight is 174 g/mol. The van der Waals surface area contributed by atoms with Crippen molar-refractivity contribution in [3.05, 3.63) is 0 Å². The third-order valence-corrected chi connectivity index (χ3v) is 3.44. The molecule has 0 saturated heterocycles. The summed E-state index contributed by atoms with van der Waals surface area (Å²) in [5.41, 5.74) is 0. The third kappa shape index (κ3) is 7.30. The van der Waals surface area contributed by atoms with Crippen LogP contribution in [0.2, 0.25) is 0 Å². The summed E-state index contributed by atoms with van der Waals surface area (Å²) in [7, 11) is -2.69. The Morgan fingerprint density at radius 2 is 1.50 bits per heavy atom. The van der Waals surface area contributed by atoms with Gasteiger partial charge in [-0.3, -0.25) is 4.57 Å². The Morgan fingerprint density at radius 3 is 1.70 bits per heavy atom. The van der Waals surface area contributed by atoms with E-state index in [0.29, 0.717) is 12.3 Å². The third-order valence-electron chi connectivity index (χ3n) is 1.15. The summed E-state index contributed by atoms with van der Waals surface area (Å²) < 4.78 is 11.0. The molecule has 0 aliphatic heterocycles. The molecule has 0 atom stereocenters. The van der Waals surface area contributed by atoms with Crippen molar-refractivity contribution in [3.8, 4) is 0 Å². The van der Waals surface area contributed by atoms with Gasteiger partial charge in [-0.25, -0.2) is 0 Å². The van der Waals surface area contributed by atoms with Crippen LogP contribution in [-0.2, 0) is 4.57 Å². The molecule has 0 heterocycles. The number of hydrogen-bond donors (Lipinski definition) is 1. The fraction of sp³-hybridized carbons (Fsp3) is 1.00. The topological polar surface area (TPSA) is 37.3 Å². The van der Waals surface area contributed by atoms with Gasteiger partial charge in [0.2, 0.25) is 7.37 Å². The van der Waals surface area contributed by atoms with Crippen molar-refractivity contribution in [1.82, 2.24) is 0 Å². The number of rotatable bonds is 4. The van der Waals surface area contributed by atoms with E-state index in [0.717, 1.165) is 12.8 Å². The van der Waals surface area contributed by atoms with Crippen LogP contribution in [-0.4, -0.2) is 46.8 Å². The summed E-state index contributed by atoms with van der Waals surface area (Å²) in [5.74, 6) is 0. The molecule has 0 aliphatic carbocycles. The van der Waals surface area contributed by atoms with Gasteiger partial charge in [0.05, 0.1) is 0 Å². The molecule has 10 heavy (non-hydrogen) atoms. The molecule has 0 bridgehead atoms. The van der Waals surface area contributed by atoms with E-state index in [4.69, 9.17) is 4.89 Å². The van der Waals surface area contributed by atoms with E-state index in [1.807, 2.05) is 13.8 Å². The summed E-state index contributed by atoms with van der Waals surface area (Å²) in [4.78, 5) is 9.07. The molecule has 0 unspecified atom stereocenters. The van der Waals surface area contributed by atoms with Crippen LogP contribution >= 0.6 is 7.37 Å². The molecule has 4 heteroatoms. The van der Waals surface area contributed by atoms with Crippen LogP contribution in [0.15, 0.2) is 0 Å². The fourth-order valence-electron chi connectivity index (χ4n) is 0.811. The van der Waals surface area contributed by atoms with Crippen LogP contribution in [0.4, 0.5) is 0 Å². The van der Waals surface area contributed by atoms with Crippen molar-refractivity contribution in [2.45, 2.75) is 26.7 Å². The molecule has 0 fully saturated rings. The number of hydrogen-bond acceptors (Lipinski definition) is 1. The van der Waals surface area contributed by atoms with E-state index < -0.39 is 7.37 Å². The Morgan fingerprint density at radius 1 is 1.20 bits per heavy atom. The van der Waals surface area contributed by atoms with Gasteiger partial charge in [0.25, 0.3) is 0 Å². The van der Waals surface area contributed by atoms with E-state index in [2.05, 4.69) is 0 Å². The van der Waals surface area contributed by atoms with Crippen molar-refractivity contribution < 1.29 is 9.46 Å². The second kappa shape index (κ2) is 6.87. The van der Waals surface area contributed by atoms with E-state index in [1.54, 1.807) is 0 Å². The minimum atomic E-state index is -2.69. The summed E-state index contributed by atoms with van der Waals surface area (Å²) in [6.07, 6.45) is 2.60. The van der Waals surface area contributed by atoms with E-state index in [-0.39, 0.29) is 29.6 Å². The monoisotopic (exact) mass is 174 g/mol. The van der Waals surface area contributed by atoms with Crippen LogP contribution in [0.5, 0.6) is 0 Å². The predicted octanol–water partition coefficient (Wildman–Crippen LogP) is 1.43. The first-order valence-corrected chi connectivity index (χ1v) is 5.46. The molecule has 2 nitrogen and oxygen atoms in total. The molecule has 1 N–H and O–H groups in total. The Hall–Kier alpha value is 1.19.